The Morgan fingerprint density at radius 1 is 1.25 bits per heavy atom. The van der Waals surface area contributed by atoms with Crippen LogP contribution in [0.1, 0.15) is 17.7 Å². The van der Waals surface area contributed by atoms with Crippen LogP contribution in [-0.4, -0.2) is 20.0 Å². The minimum Gasteiger partial charge on any atom is -0.383 e. The molecule has 0 aromatic carbocycles. The Morgan fingerprint density at radius 2 is 2.12 bits per heavy atom. The lowest BCUT2D eigenvalue weighted by Crippen LogP contribution is -2.06. The predicted molar refractivity (Wildman–Crippen MR) is 60.6 cm³/mol. The number of rotatable bonds is 1. The van der Waals surface area contributed by atoms with Crippen molar-refractivity contribution in [1.29, 1.82) is 0 Å². The van der Waals surface area contributed by atoms with Crippen molar-refractivity contribution >= 4 is 17.4 Å². The lowest BCUT2D eigenvalue weighted by molar-refractivity contribution is 0.776. The van der Waals surface area contributed by atoms with Gasteiger partial charge in [-0.25, -0.2) is 0 Å². The van der Waals surface area contributed by atoms with E-state index < -0.39 is 0 Å². The van der Waals surface area contributed by atoms with Crippen molar-refractivity contribution in [2.75, 3.05) is 5.73 Å². The van der Waals surface area contributed by atoms with Gasteiger partial charge in [0.25, 0.3) is 0 Å². The van der Waals surface area contributed by atoms with E-state index in [9.17, 15) is 0 Å². The highest BCUT2D eigenvalue weighted by Crippen LogP contribution is 2.27. The number of nitrogen functional groups attached to an aromatic ring is 1. The maximum absolute atomic E-state index is 6.02. The molecule has 0 atom stereocenters. The number of halogens is 1. The summed E-state index contributed by atoms with van der Waals surface area (Å²) in [6.45, 7) is 0. The van der Waals surface area contributed by atoms with Gasteiger partial charge in [-0.2, -0.15) is 9.78 Å². The standard InChI is InChI=1S/C10H10ClN5/c11-8-4-5-9(14-13-8)16-10(12)6-2-1-3-7(6)15-16/h4-5H,1-3,12H2. The summed E-state index contributed by atoms with van der Waals surface area (Å²) < 4.78 is 1.63. The Balaban J connectivity index is 2.10. The van der Waals surface area contributed by atoms with E-state index in [4.69, 9.17) is 17.3 Å². The van der Waals surface area contributed by atoms with Gasteiger partial charge in [-0.05, 0) is 31.4 Å². The lowest BCUT2D eigenvalue weighted by atomic mass is 10.2. The normalized spacial score (nSPS) is 14.1. The molecule has 16 heavy (non-hydrogen) atoms. The van der Waals surface area contributed by atoms with Crippen LogP contribution in [0.25, 0.3) is 5.82 Å². The average molecular weight is 236 g/mol. The Bertz CT molecular complexity index is 531. The highest BCUT2D eigenvalue weighted by molar-refractivity contribution is 6.29. The molecule has 0 unspecified atom stereocenters. The summed E-state index contributed by atoms with van der Waals surface area (Å²) in [4.78, 5) is 0. The van der Waals surface area contributed by atoms with Crippen molar-refractivity contribution in [3.8, 4) is 5.82 Å². The van der Waals surface area contributed by atoms with E-state index in [2.05, 4.69) is 15.3 Å². The smallest absolute Gasteiger partial charge is 0.178 e. The highest BCUT2D eigenvalue weighted by Gasteiger charge is 2.21. The summed E-state index contributed by atoms with van der Waals surface area (Å²) in [6, 6.07) is 3.43. The molecular weight excluding hydrogens is 226 g/mol. The zero-order valence-corrected chi connectivity index (χ0v) is 9.28. The molecule has 82 valence electrons. The Labute approximate surface area is 97.2 Å². The van der Waals surface area contributed by atoms with Crippen LogP contribution in [0.15, 0.2) is 12.1 Å². The first-order valence-corrected chi connectivity index (χ1v) is 5.49. The van der Waals surface area contributed by atoms with Crippen LogP contribution >= 0.6 is 11.6 Å². The second-order valence-corrected chi connectivity index (χ2v) is 4.18. The van der Waals surface area contributed by atoms with Crippen molar-refractivity contribution in [2.24, 2.45) is 0 Å². The predicted octanol–water partition coefficient (Wildman–Crippen LogP) is 1.39. The van der Waals surface area contributed by atoms with Crippen molar-refractivity contribution in [3.05, 3.63) is 28.5 Å². The van der Waals surface area contributed by atoms with E-state index >= 15 is 0 Å². The van der Waals surface area contributed by atoms with Crippen LogP contribution < -0.4 is 5.73 Å². The molecule has 0 spiro atoms. The molecule has 2 heterocycles. The lowest BCUT2D eigenvalue weighted by Gasteiger charge is -2.02. The van der Waals surface area contributed by atoms with Gasteiger partial charge in [-0.15, -0.1) is 10.2 Å². The fraction of sp³-hybridized carbons (Fsp3) is 0.300. The van der Waals surface area contributed by atoms with Gasteiger partial charge in [-0.3, -0.25) is 0 Å². The molecule has 0 fully saturated rings. The zero-order valence-electron chi connectivity index (χ0n) is 8.52. The highest BCUT2D eigenvalue weighted by atomic mass is 35.5. The molecular formula is C10H10ClN5. The molecule has 0 saturated carbocycles. The van der Waals surface area contributed by atoms with Crippen LogP contribution in [0.2, 0.25) is 5.15 Å². The summed E-state index contributed by atoms with van der Waals surface area (Å²) >= 11 is 5.68. The molecule has 2 aromatic rings. The number of nitrogens with two attached hydrogens (primary N) is 1. The molecule has 3 rings (SSSR count). The maximum atomic E-state index is 6.02. The third-order valence-electron chi connectivity index (χ3n) is 2.78. The molecule has 5 nitrogen and oxygen atoms in total. The van der Waals surface area contributed by atoms with Gasteiger partial charge in [0.1, 0.15) is 5.82 Å². The monoisotopic (exact) mass is 235 g/mol. The second kappa shape index (κ2) is 3.45. The van der Waals surface area contributed by atoms with Crippen LogP contribution in [-0.2, 0) is 12.8 Å². The Morgan fingerprint density at radius 3 is 2.81 bits per heavy atom. The zero-order chi connectivity index (χ0) is 11.1. The third kappa shape index (κ3) is 1.36. The molecule has 2 N–H and O–H groups in total. The molecule has 2 aromatic heterocycles. The minimum atomic E-state index is 0.363. The summed E-state index contributed by atoms with van der Waals surface area (Å²) in [5, 5.41) is 12.5. The van der Waals surface area contributed by atoms with E-state index in [-0.39, 0.29) is 0 Å². The number of aromatic nitrogens is 4. The Kier molecular flexibility index (Phi) is 2.07. The van der Waals surface area contributed by atoms with Crippen molar-refractivity contribution < 1.29 is 0 Å². The summed E-state index contributed by atoms with van der Waals surface area (Å²) in [6.07, 6.45) is 3.13. The molecule has 0 amide bonds. The largest absolute Gasteiger partial charge is 0.383 e. The van der Waals surface area contributed by atoms with Crippen molar-refractivity contribution in [2.45, 2.75) is 19.3 Å². The number of fused-ring (bicyclic) bond motifs is 1. The van der Waals surface area contributed by atoms with Gasteiger partial charge < -0.3 is 5.73 Å². The first kappa shape index (κ1) is 9.59. The van der Waals surface area contributed by atoms with E-state index in [1.807, 2.05) is 0 Å². The molecule has 0 radical (unpaired) electrons. The number of hydrogen-bond donors (Lipinski definition) is 1. The fourth-order valence-corrected chi connectivity index (χ4v) is 2.11. The van der Waals surface area contributed by atoms with E-state index in [1.165, 1.54) is 0 Å². The second-order valence-electron chi connectivity index (χ2n) is 3.79. The number of nitrogens with zero attached hydrogens (tertiary/aromatic N) is 4. The van der Waals surface area contributed by atoms with E-state index in [0.717, 1.165) is 30.5 Å². The van der Waals surface area contributed by atoms with Gasteiger partial charge in [-0.1, -0.05) is 11.6 Å². The van der Waals surface area contributed by atoms with Gasteiger partial charge in [0.05, 0.1) is 5.69 Å². The number of hydrogen-bond acceptors (Lipinski definition) is 4. The van der Waals surface area contributed by atoms with Crippen LogP contribution in [0.3, 0.4) is 0 Å². The van der Waals surface area contributed by atoms with E-state index in [0.29, 0.717) is 16.8 Å². The van der Waals surface area contributed by atoms with E-state index in [1.54, 1.807) is 16.8 Å². The topological polar surface area (TPSA) is 69.6 Å². The van der Waals surface area contributed by atoms with Gasteiger partial charge >= 0.3 is 0 Å². The van der Waals surface area contributed by atoms with Crippen LogP contribution in [0.5, 0.6) is 0 Å². The quantitative estimate of drug-likeness (QED) is 0.811. The number of anilines is 1. The van der Waals surface area contributed by atoms with Gasteiger partial charge in [0.2, 0.25) is 0 Å². The van der Waals surface area contributed by atoms with Crippen LogP contribution in [0.4, 0.5) is 5.82 Å². The first-order valence-electron chi connectivity index (χ1n) is 5.11. The van der Waals surface area contributed by atoms with Gasteiger partial charge in [0, 0.05) is 5.56 Å². The molecule has 6 heteroatoms. The first-order chi connectivity index (χ1) is 7.75. The summed E-state index contributed by atoms with van der Waals surface area (Å²) in [5.74, 6) is 1.28. The molecule has 0 aliphatic heterocycles. The summed E-state index contributed by atoms with van der Waals surface area (Å²) in [7, 11) is 0. The molecule has 1 aliphatic carbocycles. The van der Waals surface area contributed by atoms with Crippen LogP contribution in [0, 0.1) is 0 Å². The Hall–Kier alpha value is -1.62. The molecule has 0 bridgehead atoms. The average Bonchev–Trinajstić information content (AvgIpc) is 2.84. The van der Waals surface area contributed by atoms with Crippen molar-refractivity contribution in [1.82, 2.24) is 20.0 Å². The molecule has 0 saturated heterocycles. The SMILES string of the molecule is Nc1c2c(nn1-c1ccc(Cl)nn1)CCC2. The van der Waals surface area contributed by atoms with Crippen molar-refractivity contribution in [3.63, 3.8) is 0 Å². The fourth-order valence-electron chi connectivity index (χ4n) is 2.01. The summed E-state index contributed by atoms with van der Waals surface area (Å²) in [5.41, 5.74) is 8.25. The minimum absolute atomic E-state index is 0.363. The number of aryl methyl sites for hydroxylation is 1. The molecule has 1 aliphatic rings. The van der Waals surface area contributed by atoms with Gasteiger partial charge in [0.15, 0.2) is 11.0 Å². The third-order valence-corrected chi connectivity index (χ3v) is 2.98. The maximum Gasteiger partial charge on any atom is 0.178 e.